The van der Waals surface area contributed by atoms with Crippen molar-refractivity contribution in [3.8, 4) is 0 Å². The first kappa shape index (κ1) is 6.32. The van der Waals surface area contributed by atoms with Gasteiger partial charge in [0.25, 0.3) is 0 Å². The van der Waals surface area contributed by atoms with Gasteiger partial charge < -0.3 is 0 Å². The fraction of sp³-hybridized carbons (Fsp3) is 0.250. The molecule has 0 saturated carbocycles. The molecule has 0 aromatic heterocycles. The average molecular weight is 124 g/mol. The van der Waals surface area contributed by atoms with Gasteiger partial charge in [-0.3, -0.25) is 0 Å². The van der Waals surface area contributed by atoms with Crippen LogP contribution in [0.1, 0.15) is 6.92 Å². The molecule has 2 heteroatoms. The zero-order valence-electron chi connectivity index (χ0n) is 3.41. The Morgan fingerprint density at radius 2 is 2.00 bits per heavy atom. The summed E-state index contributed by atoms with van der Waals surface area (Å²) in [5.41, 5.74) is 0. The zero-order chi connectivity index (χ0) is 4.99. The Kier molecular flexibility index (Phi) is 3.70. The molecule has 0 spiro atoms. The molecule has 0 aromatic carbocycles. The van der Waals surface area contributed by atoms with E-state index in [0.717, 1.165) is 0 Å². The molecule has 0 nitrogen and oxygen atoms in total. The van der Waals surface area contributed by atoms with Gasteiger partial charge in [0, 0.05) is 0 Å². The first-order valence-corrected chi connectivity index (χ1v) is 2.33. The van der Waals surface area contributed by atoms with Crippen molar-refractivity contribution in [2.75, 3.05) is 0 Å². The predicted molar refractivity (Wildman–Crippen MR) is 29.8 cm³/mol. The van der Waals surface area contributed by atoms with E-state index in [1.165, 1.54) is 0 Å². The van der Waals surface area contributed by atoms with Crippen LogP contribution in [0.3, 0.4) is 0 Å². The molecule has 0 aliphatic rings. The molecule has 6 heavy (non-hydrogen) atoms. The van der Waals surface area contributed by atoms with Crippen LogP contribution in [0.5, 0.6) is 0 Å². The van der Waals surface area contributed by atoms with Crippen molar-refractivity contribution < 1.29 is 0 Å². The minimum absolute atomic E-state index is 0.303. The van der Waals surface area contributed by atoms with Crippen molar-refractivity contribution in [1.82, 2.24) is 0 Å². The van der Waals surface area contributed by atoms with E-state index in [9.17, 15) is 0 Å². The van der Waals surface area contributed by atoms with Gasteiger partial charge in [-0.1, -0.05) is 29.3 Å². The van der Waals surface area contributed by atoms with E-state index >= 15 is 0 Å². The smallest absolute Gasteiger partial charge is 0.0932 e. The number of hydrogen-bond donors (Lipinski definition) is 0. The maximum Gasteiger partial charge on any atom is 0.172 e. The van der Waals surface area contributed by atoms with Gasteiger partial charge in [0.2, 0.25) is 0 Å². The minimum atomic E-state index is 0.303. The summed E-state index contributed by atoms with van der Waals surface area (Å²) in [6.45, 7) is 1.85. The number of allylic oxidation sites excluding steroid dienone is 2. The molecular formula is C4H5Cl2. The van der Waals surface area contributed by atoms with Crippen molar-refractivity contribution in [2.45, 2.75) is 6.92 Å². The standard InChI is InChI=1S/C4H5Cl2/c1-2-3-4(5)6/h2-3H,1H3/b3-2+. The summed E-state index contributed by atoms with van der Waals surface area (Å²) in [5.74, 6) is 0. The third kappa shape index (κ3) is 4.32. The largest absolute Gasteiger partial charge is 0.172 e. The van der Waals surface area contributed by atoms with Crippen LogP contribution >= 0.6 is 23.2 Å². The highest BCUT2D eigenvalue weighted by molar-refractivity contribution is 6.53. The van der Waals surface area contributed by atoms with Crippen molar-refractivity contribution in [3.63, 3.8) is 0 Å². The van der Waals surface area contributed by atoms with Crippen LogP contribution in [0.25, 0.3) is 0 Å². The maximum absolute atomic E-state index is 5.17. The quantitative estimate of drug-likeness (QED) is 0.503. The van der Waals surface area contributed by atoms with Crippen molar-refractivity contribution in [2.24, 2.45) is 0 Å². The second-order valence-electron chi connectivity index (χ2n) is 0.790. The molecule has 0 fully saturated rings. The van der Waals surface area contributed by atoms with Crippen LogP contribution in [-0.2, 0) is 0 Å². The van der Waals surface area contributed by atoms with Crippen LogP contribution in [0.2, 0.25) is 0 Å². The van der Waals surface area contributed by atoms with E-state index < -0.39 is 0 Å². The third-order valence-corrected chi connectivity index (χ3v) is 0.545. The molecule has 0 bridgehead atoms. The molecule has 0 atom stereocenters. The molecule has 0 N–H and O–H groups in total. The van der Waals surface area contributed by atoms with Crippen LogP contribution in [-0.4, -0.2) is 0 Å². The lowest BCUT2D eigenvalue weighted by Gasteiger charge is -1.78. The van der Waals surface area contributed by atoms with E-state index in [-0.39, 0.29) is 0 Å². The van der Waals surface area contributed by atoms with Gasteiger partial charge in [0.15, 0.2) is 4.84 Å². The average Bonchev–Trinajstić information content (AvgIpc) is 1.35. The minimum Gasteiger partial charge on any atom is -0.0932 e. The molecule has 0 aliphatic heterocycles. The summed E-state index contributed by atoms with van der Waals surface area (Å²) in [6, 6.07) is 0. The Balaban J connectivity index is 3.03. The summed E-state index contributed by atoms with van der Waals surface area (Å²) < 4.78 is 0. The van der Waals surface area contributed by atoms with Gasteiger partial charge in [-0.25, -0.2) is 0 Å². The second-order valence-corrected chi connectivity index (χ2v) is 1.80. The lowest BCUT2D eigenvalue weighted by molar-refractivity contribution is 1.70. The molecule has 0 amide bonds. The first-order valence-electron chi connectivity index (χ1n) is 1.58. The Morgan fingerprint density at radius 3 is 2.00 bits per heavy atom. The van der Waals surface area contributed by atoms with E-state index in [1.807, 2.05) is 6.92 Å². The summed E-state index contributed by atoms with van der Waals surface area (Å²) in [6.07, 6.45) is 3.39. The maximum atomic E-state index is 5.17. The molecule has 0 aromatic rings. The van der Waals surface area contributed by atoms with Crippen LogP contribution in [0.15, 0.2) is 12.2 Å². The van der Waals surface area contributed by atoms with Gasteiger partial charge >= 0.3 is 0 Å². The highest BCUT2D eigenvalue weighted by Gasteiger charge is 1.85. The molecule has 35 valence electrons. The molecule has 0 aliphatic carbocycles. The van der Waals surface area contributed by atoms with E-state index in [4.69, 9.17) is 23.2 Å². The molecule has 0 rings (SSSR count). The van der Waals surface area contributed by atoms with Crippen molar-refractivity contribution in [3.05, 3.63) is 17.0 Å². The normalized spacial score (nSPS) is 11.3. The van der Waals surface area contributed by atoms with Gasteiger partial charge in [-0.15, -0.1) is 0 Å². The second kappa shape index (κ2) is 3.51. The zero-order valence-corrected chi connectivity index (χ0v) is 4.92. The van der Waals surface area contributed by atoms with Gasteiger partial charge in [-0.2, -0.15) is 0 Å². The summed E-state index contributed by atoms with van der Waals surface area (Å²) in [5, 5.41) is 0. The lowest BCUT2D eigenvalue weighted by Crippen LogP contribution is -1.57. The van der Waals surface area contributed by atoms with Gasteiger partial charge in [0.05, 0.1) is 0 Å². The number of rotatable bonds is 1. The summed E-state index contributed by atoms with van der Waals surface area (Å²) in [7, 11) is 0. The van der Waals surface area contributed by atoms with E-state index in [2.05, 4.69) is 0 Å². The molecule has 1 radical (unpaired) electrons. The van der Waals surface area contributed by atoms with E-state index in [0.29, 0.717) is 4.84 Å². The number of hydrogen-bond acceptors (Lipinski definition) is 0. The lowest BCUT2D eigenvalue weighted by atomic mass is 10.6. The van der Waals surface area contributed by atoms with Crippen molar-refractivity contribution >= 4 is 23.2 Å². The summed E-state index contributed by atoms with van der Waals surface area (Å²) >= 11 is 10.3. The predicted octanol–water partition coefficient (Wildman–Crippen LogP) is 2.53. The van der Waals surface area contributed by atoms with Crippen LogP contribution < -0.4 is 0 Å². The highest BCUT2D eigenvalue weighted by Crippen LogP contribution is 2.11. The Bertz CT molecular complexity index is 47.5. The Labute approximate surface area is 47.8 Å². The van der Waals surface area contributed by atoms with Gasteiger partial charge in [0.1, 0.15) is 0 Å². The molecule has 0 unspecified atom stereocenters. The first-order chi connectivity index (χ1) is 2.77. The van der Waals surface area contributed by atoms with Crippen molar-refractivity contribution in [1.29, 1.82) is 0 Å². The monoisotopic (exact) mass is 123 g/mol. The highest BCUT2D eigenvalue weighted by atomic mass is 35.5. The van der Waals surface area contributed by atoms with Crippen LogP contribution in [0, 0.1) is 4.84 Å². The molecule has 0 heterocycles. The molecular weight excluding hydrogens is 119 g/mol. The molecule has 0 saturated heterocycles. The Hall–Kier alpha value is 0.320. The van der Waals surface area contributed by atoms with E-state index in [1.54, 1.807) is 12.2 Å². The topological polar surface area (TPSA) is 0 Å². The fourth-order valence-corrected chi connectivity index (χ4v) is 0.378. The fourth-order valence-electron chi connectivity index (χ4n) is 0.126. The van der Waals surface area contributed by atoms with Gasteiger partial charge in [-0.05, 0) is 13.0 Å². The SMILES string of the molecule is C/C=C/[C](Cl)Cl. The van der Waals surface area contributed by atoms with Crippen LogP contribution in [0.4, 0.5) is 0 Å². The third-order valence-electron chi connectivity index (χ3n) is 0.293. The summed E-state index contributed by atoms with van der Waals surface area (Å²) in [4.78, 5) is 0.303. The number of halogens is 2. The Morgan fingerprint density at radius 1 is 1.50 bits per heavy atom.